The molecule has 2 rings (SSSR count). The standard InChI is InChI=1S/C10H18O6S2/c1-10(2)14-6-5(11)7(16-18(4,12)13)9(17-3)8(6)15-10/h5-9,11H,1-4H3/t5-,6+,7+,8+,9+/m0/s1. The zero-order chi connectivity index (χ0) is 13.7. The average Bonchev–Trinajstić information content (AvgIpc) is 2.60. The molecule has 5 atom stereocenters. The van der Waals surface area contributed by atoms with Crippen molar-refractivity contribution in [3.8, 4) is 0 Å². The zero-order valence-electron chi connectivity index (χ0n) is 10.7. The van der Waals surface area contributed by atoms with E-state index in [1.807, 2.05) is 6.26 Å². The van der Waals surface area contributed by atoms with Crippen molar-refractivity contribution in [2.45, 2.75) is 49.3 Å². The Hall–Kier alpha value is 0.140. The number of aliphatic hydroxyl groups excluding tert-OH is 1. The summed E-state index contributed by atoms with van der Waals surface area (Å²) in [5.41, 5.74) is 0. The van der Waals surface area contributed by atoms with Crippen LogP contribution in [-0.4, -0.2) is 61.5 Å². The highest BCUT2D eigenvalue weighted by atomic mass is 32.2. The van der Waals surface area contributed by atoms with Gasteiger partial charge in [0.2, 0.25) is 0 Å². The van der Waals surface area contributed by atoms with Crippen LogP contribution in [0.2, 0.25) is 0 Å². The third-order valence-corrected chi connectivity index (χ3v) is 4.70. The van der Waals surface area contributed by atoms with E-state index < -0.39 is 34.2 Å². The van der Waals surface area contributed by atoms with Gasteiger partial charge in [0, 0.05) is 0 Å². The molecule has 0 radical (unpaired) electrons. The summed E-state index contributed by atoms with van der Waals surface area (Å²) in [6.07, 6.45) is 0.0372. The van der Waals surface area contributed by atoms with Gasteiger partial charge in [-0.3, -0.25) is 4.18 Å². The Balaban J connectivity index is 2.21. The van der Waals surface area contributed by atoms with Crippen molar-refractivity contribution in [1.82, 2.24) is 0 Å². The maximum atomic E-state index is 11.2. The number of rotatable bonds is 3. The molecule has 0 aromatic carbocycles. The summed E-state index contributed by atoms with van der Waals surface area (Å²) in [6, 6.07) is 0. The number of hydrogen-bond acceptors (Lipinski definition) is 7. The van der Waals surface area contributed by atoms with Crippen LogP contribution in [0.25, 0.3) is 0 Å². The molecule has 6 nitrogen and oxygen atoms in total. The Labute approximate surface area is 111 Å². The van der Waals surface area contributed by atoms with Crippen LogP contribution in [0.15, 0.2) is 0 Å². The van der Waals surface area contributed by atoms with Gasteiger partial charge < -0.3 is 14.6 Å². The van der Waals surface area contributed by atoms with Crippen molar-refractivity contribution in [1.29, 1.82) is 0 Å². The van der Waals surface area contributed by atoms with Crippen molar-refractivity contribution >= 4 is 21.9 Å². The molecule has 1 saturated carbocycles. The quantitative estimate of drug-likeness (QED) is 0.732. The third kappa shape index (κ3) is 2.68. The molecule has 1 heterocycles. The third-order valence-electron chi connectivity index (χ3n) is 3.04. The Kier molecular flexibility index (Phi) is 3.72. The summed E-state index contributed by atoms with van der Waals surface area (Å²) in [6.45, 7) is 3.53. The van der Waals surface area contributed by atoms with E-state index in [1.165, 1.54) is 11.8 Å². The van der Waals surface area contributed by atoms with Gasteiger partial charge in [0.1, 0.15) is 24.4 Å². The zero-order valence-corrected chi connectivity index (χ0v) is 12.3. The van der Waals surface area contributed by atoms with Gasteiger partial charge in [0.25, 0.3) is 10.1 Å². The lowest BCUT2D eigenvalue weighted by Crippen LogP contribution is -2.39. The van der Waals surface area contributed by atoms with Crippen LogP contribution in [0.3, 0.4) is 0 Å². The van der Waals surface area contributed by atoms with E-state index in [0.29, 0.717) is 0 Å². The molecule has 0 aromatic heterocycles. The summed E-state index contributed by atoms with van der Waals surface area (Å²) >= 11 is 1.41. The SMILES string of the molecule is CS[C@@H]1[C@H](OS(C)(=O)=O)[C@@H](O)[C@H]2OC(C)(C)O[C@H]21. The molecule has 1 aliphatic heterocycles. The second-order valence-corrected chi connectivity index (χ2v) is 7.64. The number of ether oxygens (including phenoxy) is 2. The van der Waals surface area contributed by atoms with Crippen molar-refractivity contribution in [3.05, 3.63) is 0 Å². The Morgan fingerprint density at radius 3 is 2.33 bits per heavy atom. The van der Waals surface area contributed by atoms with Crippen LogP contribution < -0.4 is 0 Å². The minimum atomic E-state index is -3.63. The second-order valence-electron chi connectivity index (χ2n) is 5.02. The molecule has 0 aromatic rings. The first-order valence-corrected chi connectivity index (χ1v) is 8.70. The van der Waals surface area contributed by atoms with Gasteiger partial charge in [0.15, 0.2) is 5.79 Å². The first-order chi connectivity index (χ1) is 8.14. The lowest BCUT2D eigenvalue weighted by molar-refractivity contribution is -0.169. The maximum Gasteiger partial charge on any atom is 0.264 e. The molecule has 1 saturated heterocycles. The molecule has 8 heteroatoms. The first kappa shape index (κ1) is 14.5. The number of thioether (sulfide) groups is 1. The van der Waals surface area contributed by atoms with E-state index in [4.69, 9.17) is 13.7 Å². The van der Waals surface area contributed by atoms with Crippen LogP contribution in [0.4, 0.5) is 0 Å². The molecule has 2 aliphatic rings. The molecule has 106 valence electrons. The monoisotopic (exact) mass is 298 g/mol. The normalized spacial score (nSPS) is 43.1. The fourth-order valence-electron chi connectivity index (χ4n) is 2.49. The van der Waals surface area contributed by atoms with Crippen LogP contribution in [0, 0.1) is 0 Å². The number of fused-ring (bicyclic) bond motifs is 1. The Morgan fingerprint density at radius 2 is 1.83 bits per heavy atom. The first-order valence-electron chi connectivity index (χ1n) is 5.59. The van der Waals surface area contributed by atoms with Crippen LogP contribution in [0.5, 0.6) is 0 Å². The van der Waals surface area contributed by atoms with Crippen LogP contribution in [-0.2, 0) is 23.8 Å². The maximum absolute atomic E-state index is 11.2. The number of hydrogen-bond donors (Lipinski definition) is 1. The van der Waals surface area contributed by atoms with Gasteiger partial charge in [-0.25, -0.2) is 0 Å². The van der Waals surface area contributed by atoms with Crippen molar-refractivity contribution in [2.75, 3.05) is 12.5 Å². The topological polar surface area (TPSA) is 82.1 Å². The van der Waals surface area contributed by atoms with E-state index in [1.54, 1.807) is 13.8 Å². The van der Waals surface area contributed by atoms with Gasteiger partial charge in [-0.15, -0.1) is 0 Å². The number of aliphatic hydroxyl groups is 1. The van der Waals surface area contributed by atoms with E-state index in [9.17, 15) is 13.5 Å². The summed E-state index contributed by atoms with van der Waals surface area (Å²) in [5, 5.41) is 9.87. The molecule has 0 unspecified atom stereocenters. The van der Waals surface area contributed by atoms with Gasteiger partial charge in [-0.1, -0.05) is 0 Å². The van der Waals surface area contributed by atoms with E-state index in [0.717, 1.165) is 6.26 Å². The second kappa shape index (κ2) is 4.60. The predicted octanol–water partition coefficient (Wildman–Crippen LogP) is -0.0426. The highest BCUT2D eigenvalue weighted by Gasteiger charge is 2.59. The van der Waals surface area contributed by atoms with E-state index >= 15 is 0 Å². The van der Waals surface area contributed by atoms with Crippen molar-refractivity contribution in [3.63, 3.8) is 0 Å². The smallest absolute Gasteiger partial charge is 0.264 e. The average molecular weight is 298 g/mol. The largest absolute Gasteiger partial charge is 0.387 e. The molecule has 0 amide bonds. The molecule has 2 fully saturated rings. The summed E-state index contributed by atoms with van der Waals surface area (Å²) < 4.78 is 38.7. The fraction of sp³-hybridized carbons (Fsp3) is 1.00. The lowest BCUT2D eigenvalue weighted by atomic mass is 10.2. The Bertz CT molecular complexity index is 420. The van der Waals surface area contributed by atoms with Gasteiger partial charge in [-0.2, -0.15) is 20.2 Å². The molecule has 1 aliphatic carbocycles. The van der Waals surface area contributed by atoms with E-state index in [-0.39, 0.29) is 11.4 Å². The molecule has 0 bridgehead atoms. The molecular formula is C10H18O6S2. The summed E-state index contributed by atoms with van der Waals surface area (Å²) in [7, 11) is -3.63. The van der Waals surface area contributed by atoms with E-state index in [2.05, 4.69) is 0 Å². The molecule has 0 spiro atoms. The molecule has 1 N–H and O–H groups in total. The van der Waals surface area contributed by atoms with Crippen LogP contribution in [0.1, 0.15) is 13.8 Å². The van der Waals surface area contributed by atoms with Crippen molar-refractivity contribution in [2.24, 2.45) is 0 Å². The van der Waals surface area contributed by atoms with Gasteiger partial charge in [0.05, 0.1) is 11.5 Å². The Morgan fingerprint density at radius 1 is 1.28 bits per heavy atom. The van der Waals surface area contributed by atoms with Gasteiger partial charge in [-0.05, 0) is 20.1 Å². The van der Waals surface area contributed by atoms with Crippen LogP contribution >= 0.6 is 11.8 Å². The minimum absolute atomic E-state index is 0.276. The minimum Gasteiger partial charge on any atom is -0.387 e. The predicted molar refractivity (Wildman–Crippen MR) is 66.9 cm³/mol. The molecular weight excluding hydrogens is 280 g/mol. The summed E-state index contributed by atoms with van der Waals surface area (Å²) in [5.74, 6) is -0.764. The lowest BCUT2D eigenvalue weighted by Gasteiger charge is -2.26. The van der Waals surface area contributed by atoms with Crippen molar-refractivity contribution < 1.29 is 27.2 Å². The summed E-state index contributed by atoms with van der Waals surface area (Å²) in [4.78, 5) is 0. The highest BCUT2D eigenvalue weighted by Crippen LogP contribution is 2.44. The molecule has 18 heavy (non-hydrogen) atoms. The highest BCUT2D eigenvalue weighted by molar-refractivity contribution is 7.99. The fourth-order valence-corrected chi connectivity index (χ4v) is 4.16. The van der Waals surface area contributed by atoms with Gasteiger partial charge >= 0.3 is 0 Å².